The summed E-state index contributed by atoms with van der Waals surface area (Å²) in [5.74, 6) is 0.115. The quantitative estimate of drug-likeness (QED) is 0.192. The number of fused-ring (bicyclic) bond motifs is 7. The number of aromatic hydroxyl groups is 2. The van der Waals surface area contributed by atoms with Crippen molar-refractivity contribution in [2.24, 2.45) is 0 Å². The van der Waals surface area contributed by atoms with Gasteiger partial charge in [-0.3, -0.25) is 19.8 Å². The van der Waals surface area contributed by atoms with Crippen molar-refractivity contribution in [1.29, 1.82) is 5.26 Å². The second-order valence-corrected chi connectivity index (χ2v) is 10.5. The van der Waals surface area contributed by atoms with E-state index in [4.69, 9.17) is 9.47 Å². The minimum atomic E-state index is -0.885. The molecule has 0 saturated carbocycles. The Morgan fingerprint density at radius 2 is 1.90 bits per heavy atom. The van der Waals surface area contributed by atoms with Gasteiger partial charge in [0, 0.05) is 29.3 Å². The highest BCUT2D eigenvalue weighted by Crippen LogP contribution is 2.65. The zero-order chi connectivity index (χ0) is 27.8. The molecule has 0 amide bonds. The molecule has 5 aromatic rings. The molecule has 200 valence electrons. The lowest BCUT2D eigenvalue weighted by Gasteiger charge is -2.26. The fourth-order valence-corrected chi connectivity index (χ4v) is 6.43. The number of hydrogen-bond acceptors (Lipinski definition) is 8. The van der Waals surface area contributed by atoms with E-state index in [1.54, 1.807) is 18.2 Å². The number of nitrogens with one attached hydrogen (secondary N) is 1. The fourth-order valence-electron chi connectivity index (χ4n) is 6.43. The fraction of sp³-hybridized carbons (Fsp3) is 0.241. The molecule has 3 N–H and O–H groups in total. The Labute approximate surface area is 226 Å². The molecular formula is C29H23N5O6. The van der Waals surface area contributed by atoms with E-state index in [1.807, 2.05) is 31.2 Å². The largest absolute Gasteiger partial charge is 0.494 e. The Bertz CT molecular complexity index is 1920. The normalized spacial score (nSPS) is 21.1. The van der Waals surface area contributed by atoms with Gasteiger partial charge >= 0.3 is 0 Å². The van der Waals surface area contributed by atoms with Gasteiger partial charge in [-0.15, -0.1) is 5.10 Å². The zero-order valence-electron chi connectivity index (χ0n) is 21.3. The van der Waals surface area contributed by atoms with Crippen molar-refractivity contribution in [3.63, 3.8) is 0 Å². The maximum Gasteiger partial charge on any atom is 0.271 e. The first kappa shape index (κ1) is 24.0. The lowest BCUT2D eigenvalue weighted by molar-refractivity contribution is -0.384. The van der Waals surface area contributed by atoms with Crippen LogP contribution in [0.2, 0.25) is 0 Å². The smallest absolute Gasteiger partial charge is 0.271 e. The highest BCUT2D eigenvalue weighted by molar-refractivity contribution is 5.95. The van der Waals surface area contributed by atoms with Crippen LogP contribution in [-0.2, 0) is 15.9 Å². The first-order chi connectivity index (χ1) is 19.3. The molecule has 2 bridgehead atoms. The van der Waals surface area contributed by atoms with Crippen LogP contribution in [0.25, 0.3) is 27.4 Å². The molecular weight excluding hydrogens is 514 g/mol. The van der Waals surface area contributed by atoms with Crippen LogP contribution in [-0.4, -0.2) is 36.5 Å². The Hall–Kier alpha value is -5.08. The van der Waals surface area contributed by atoms with Crippen LogP contribution in [0.5, 0.6) is 17.6 Å². The number of H-pyrrole nitrogens is 1. The summed E-state index contributed by atoms with van der Waals surface area (Å²) in [7, 11) is 0. The molecule has 2 aliphatic rings. The molecule has 0 aliphatic carbocycles. The molecule has 0 unspecified atom stereocenters. The Morgan fingerprint density at radius 1 is 1.12 bits per heavy atom. The Kier molecular flexibility index (Phi) is 4.92. The molecule has 0 spiro atoms. The molecule has 40 heavy (non-hydrogen) atoms. The van der Waals surface area contributed by atoms with Crippen LogP contribution in [0, 0.1) is 21.4 Å². The van der Waals surface area contributed by atoms with Crippen molar-refractivity contribution in [1.82, 2.24) is 14.8 Å². The van der Waals surface area contributed by atoms with Gasteiger partial charge in [-0.1, -0.05) is 24.3 Å². The minimum absolute atomic E-state index is 0.0476. The number of hydrogen-bond donors (Lipinski definition) is 3. The first-order valence-electron chi connectivity index (χ1n) is 12.8. The van der Waals surface area contributed by atoms with Gasteiger partial charge in [-0.25, -0.2) is 0 Å². The van der Waals surface area contributed by atoms with Crippen molar-refractivity contribution >= 4 is 27.4 Å². The van der Waals surface area contributed by atoms with Gasteiger partial charge in [0.15, 0.2) is 0 Å². The summed E-state index contributed by atoms with van der Waals surface area (Å²) >= 11 is 0. The average molecular weight is 538 g/mol. The van der Waals surface area contributed by atoms with E-state index >= 15 is 0 Å². The second-order valence-electron chi connectivity index (χ2n) is 10.5. The molecule has 11 heteroatoms. The molecule has 1 saturated heterocycles. The number of nitro benzene ring substituents is 1. The summed E-state index contributed by atoms with van der Waals surface area (Å²) in [6.07, 6.45) is 1.65. The van der Waals surface area contributed by atoms with Crippen molar-refractivity contribution in [3.8, 4) is 29.4 Å². The third kappa shape index (κ3) is 3.17. The molecule has 11 nitrogen and oxygen atoms in total. The number of nitro groups is 1. The minimum Gasteiger partial charge on any atom is -0.494 e. The maximum atomic E-state index is 11.6. The summed E-state index contributed by atoms with van der Waals surface area (Å²) < 4.78 is 13.9. The van der Waals surface area contributed by atoms with Crippen LogP contribution in [0.4, 0.5) is 5.69 Å². The Morgan fingerprint density at radius 3 is 2.67 bits per heavy atom. The molecule has 2 aliphatic heterocycles. The molecule has 7 rings (SSSR count). The van der Waals surface area contributed by atoms with Crippen molar-refractivity contribution in [2.45, 2.75) is 37.4 Å². The van der Waals surface area contributed by atoms with Gasteiger partial charge in [0.25, 0.3) is 5.69 Å². The van der Waals surface area contributed by atoms with Gasteiger partial charge in [0.2, 0.25) is 17.6 Å². The predicted molar refractivity (Wildman–Crippen MR) is 144 cm³/mol. The summed E-state index contributed by atoms with van der Waals surface area (Å²) in [5, 5.41) is 52.8. The topological polar surface area (TPSA) is 159 Å². The number of ether oxygens (including phenoxy) is 2. The summed E-state index contributed by atoms with van der Waals surface area (Å²) in [4.78, 5) is 10.6. The molecule has 2 aromatic heterocycles. The summed E-state index contributed by atoms with van der Waals surface area (Å²) in [6.45, 7) is 2.10. The third-order valence-electron chi connectivity index (χ3n) is 8.26. The summed E-state index contributed by atoms with van der Waals surface area (Å²) in [5.41, 5.74) is 0.929. The van der Waals surface area contributed by atoms with E-state index in [2.05, 4.69) is 16.3 Å². The lowest BCUT2D eigenvalue weighted by Crippen LogP contribution is -2.25. The van der Waals surface area contributed by atoms with E-state index in [0.29, 0.717) is 58.4 Å². The average Bonchev–Trinajstić information content (AvgIpc) is 3.66. The van der Waals surface area contributed by atoms with Crippen molar-refractivity contribution < 1.29 is 24.6 Å². The maximum absolute atomic E-state index is 11.6. The molecule has 4 heterocycles. The van der Waals surface area contributed by atoms with Gasteiger partial charge in [-0.2, -0.15) is 5.26 Å². The van der Waals surface area contributed by atoms with Gasteiger partial charge in [0.05, 0.1) is 56.5 Å². The highest BCUT2D eigenvalue weighted by atomic mass is 16.6. The number of aromatic nitrogens is 3. The predicted octanol–water partition coefficient (Wildman–Crippen LogP) is 5.40. The molecule has 3 aromatic carbocycles. The van der Waals surface area contributed by atoms with E-state index in [-0.39, 0.29) is 24.1 Å². The van der Waals surface area contributed by atoms with Crippen LogP contribution < -0.4 is 4.74 Å². The highest BCUT2D eigenvalue weighted by Gasteiger charge is 2.61. The van der Waals surface area contributed by atoms with Crippen molar-refractivity contribution in [3.05, 3.63) is 81.4 Å². The number of rotatable bonds is 6. The lowest BCUT2D eigenvalue weighted by atomic mass is 9.78. The molecule has 0 radical (unpaired) electrons. The molecule has 1 fully saturated rings. The van der Waals surface area contributed by atoms with Gasteiger partial charge < -0.3 is 19.7 Å². The van der Waals surface area contributed by atoms with E-state index in [0.717, 1.165) is 10.8 Å². The van der Waals surface area contributed by atoms with Crippen LogP contribution in [0.1, 0.15) is 42.9 Å². The first-order valence-corrected chi connectivity index (χ1v) is 12.8. The molecule has 2 atom stereocenters. The Balaban J connectivity index is 1.25. The van der Waals surface area contributed by atoms with E-state index in [9.17, 15) is 25.6 Å². The number of nitriles is 1. The van der Waals surface area contributed by atoms with Crippen molar-refractivity contribution in [2.75, 3.05) is 6.61 Å². The number of nitrogens with zero attached hydrogens (tertiary/aromatic N) is 4. The number of aromatic amines is 1. The number of non-ortho nitro benzene ring substituents is 1. The second kappa shape index (κ2) is 8.21. The van der Waals surface area contributed by atoms with Crippen LogP contribution in [0.15, 0.2) is 54.6 Å². The monoisotopic (exact) mass is 537 g/mol. The SMILES string of the molecule is C[C@@]12CC[C@@](CCOc3n[nH]c4cc([N+](=O)[O-])ccc34)(O1)c1c2c(O)n(-c2ccc(C#N)c3ccccc23)c1O. The van der Waals surface area contributed by atoms with Gasteiger partial charge in [0.1, 0.15) is 5.60 Å². The van der Waals surface area contributed by atoms with Crippen LogP contribution >= 0.6 is 0 Å². The third-order valence-corrected chi connectivity index (χ3v) is 8.26. The van der Waals surface area contributed by atoms with E-state index in [1.165, 1.54) is 16.7 Å². The van der Waals surface area contributed by atoms with Gasteiger partial charge in [-0.05, 0) is 38.0 Å². The van der Waals surface area contributed by atoms with E-state index < -0.39 is 16.1 Å². The zero-order valence-corrected chi connectivity index (χ0v) is 21.3. The standard InChI is InChI=1S/C29H23N5O6/c1-28-10-11-29(40-28,12-13-39-25-20-8-7-17(34(37)38)14-21(20)31-32-25)24-23(28)26(35)33(27(24)36)22-9-6-16(15-30)18-4-2-3-5-19(18)22/h2-9,14,35-36H,10-13H2,1H3,(H,31,32)/t28-,29-/m0/s1. The van der Waals surface area contributed by atoms with Crippen LogP contribution in [0.3, 0.4) is 0 Å². The summed E-state index contributed by atoms with van der Waals surface area (Å²) in [6, 6.07) is 17.4. The number of benzene rings is 3.